The third-order valence-electron chi connectivity index (χ3n) is 4.13. The second kappa shape index (κ2) is 7.77. The predicted octanol–water partition coefficient (Wildman–Crippen LogP) is 2.43. The molecule has 0 radical (unpaired) electrons. The first-order chi connectivity index (χ1) is 13.1. The number of sulfonamides is 1. The van der Waals surface area contributed by atoms with E-state index in [1.54, 1.807) is 35.6 Å². The second-order valence-corrected chi connectivity index (χ2v) is 8.64. The molecule has 0 saturated carbocycles. The Morgan fingerprint density at radius 2 is 2.07 bits per heavy atom. The van der Waals surface area contributed by atoms with Gasteiger partial charge in [0.25, 0.3) is 0 Å². The van der Waals surface area contributed by atoms with Crippen LogP contribution in [0.4, 0.5) is 5.69 Å². The molecule has 8 nitrogen and oxygen atoms in total. The summed E-state index contributed by atoms with van der Waals surface area (Å²) in [5.74, 6) is 0.967. The Labute approximate surface area is 160 Å². The van der Waals surface area contributed by atoms with Crippen molar-refractivity contribution in [2.75, 3.05) is 31.6 Å². The number of morpholine rings is 1. The highest BCUT2D eigenvalue weighted by molar-refractivity contribution is 7.89. The molecule has 1 saturated heterocycles. The van der Waals surface area contributed by atoms with Crippen molar-refractivity contribution in [3.8, 4) is 11.4 Å². The number of anilines is 1. The quantitative estimate of drug-likeness (QED) is 0.671. The smallest absolute Gasteiger partial charge is 0.246 e. The summed E-state index contributed by atoms with van der Waals surface area (Å²) in [5.41, 5.74) is 1.58. The summed E-state index contributed by atoms with van der Waals surface area (Å²) in [4.78, 5) is 4.59. The SMILES string of the molecule is O=S(=O)(c1cccc(NCc2nc(-c3ccsc3)no2)c1)N1CCOCC1. The van der Waals surface area contributed by atoms with Crippen molar-refractivity contribution in [1.29, 1.82) is 0 Å². The molecule has 2 aromatic heterocycles. The van der Waals surface area contributed by atoms with Crippen LogP contribution < -0.4 is 5.32 Å². The normalized spacial score (nSPS) is 15.7. The Kier molecular flexibility index (Phi) is 5.21. The van der Waals surface area contributed by atoms with Crippen LogP contribution in [0.3, 0.4) is 0 Å². The summed E-state index contributed by atoms with van der Waals surface area (Å²) in [7, 11) is -3.53. The Morgan fingerprint density at radius 1 is 1.22 bits per heavy atom. The standard InChI is InChI=1S/C17H18N4O4S2/c22-27(23,21-5-7-24-8-6-21)15-3-1-2-14(10-15)18-11-16-19-17(20-25-16)13-4-9-26-12-13/h1-4,9-10,12,18H,5-8,11H2. The van der Waals surface area contributed by atoms with Crippen LogP contribution in [-0.2, 0) is 21.3 Å². The highest BCUT2D eigenvalue weighted by Gasteiger charge is 2.26. The third kappa shape index (κ3) is 4.03. The van der Waals surface area contributed by atoms with E-state index in [2.05, 4.69) is 15.5 Å². The summed E-state index contributed by atoms with van der Waals surface area (Å²) < 4.78 is 37.4. The zero-order valence-electron chi connectivity index (χ0n) is 14.4. The van der Waals surface area contributed by atoms with Crippen LogP contribution in [0.1, 0.15) is 5.89 Å². The average Bonchev–Trinajstić information content (AvgIpc) is 3.39. The lowest BCUT2D eigenvalue weighted by molar-refractivity contribution is 0.0730. The largest absolute Gasteiger partial charge is 0.379 e. The molecule has 0 unspecified atom stereocenters. The Balaban J connectivity index is 1.45. The number of hydrogen-bond donors (Lipinski definition) is 1. The first kappa shape index (κ1) is 18.1. The molecule has 3 aromatic rings. The van der Waals surface area contributed by atoms with Crippen molar-refractivity contribution in [3.63, 3.8) is 0 Å². The van der Waals surface area contributed by atoms with Gasteiger partial charge in [-0.1, -0.05) is 11.2 Å². The molecule has 3 heterocycles. The number of thiophene rings is 1. The van der Waals surface area contributed by atoms with E-state index in [-0.39, 0.29) is 4.90 Å². The van der Waals surface area contributed by atoms with E-state index in [1.807, 2.05) is 16.8 Å². The maximum Gasteiger partial charge on any atom is 0.246 e. The molecule has 0 bridgehead atoms. The van der Waals surface area contributed by atoms with Crippen LogP contribution in [0, 0.1) is 0 Å². The van der Waals surface area contributed by atoms with Crippen LogP contribution in [0.2, 0.25) is 0 Å². The van der Waals surface area contributed by atoms with Crippen molar-refractivity contribution in [1.82, 2.24) is 14.4 Å². The summed E-state index contributed by atoms with van der Waals surface area (Å²) in [6.45, 7) is 1.88. The fraction of sp³-hybridized carbons (Fsp3) is 0.294. The minimum Gasteiger partial charge on any atom is -0.379 e. The van der Waals surface area contributed by atoms with Gasteiger partial charge in [-0.2, -0.15) is 20.6 Å². The van der Waals surface area contributed by atoms with Crippen LogP contribution in [0.15, 0.2) is 50.5 Å². The molecule has 27 heavy (non-hydrogen) atoms. The van der Waals surface area contributed by atoms with E-state index < -0.39 is 10.0 Å². The first-order valence-electron chi connectivity index (χ1n) is 8.40. The molecule has 1 aliphatic rings. The van der Waals surface area contributed by atoms with Crippen LogP contribution >= 0.6 is 11.3 Å². The second-order valence-electron chi connectivity index (χ2n) is 5.92. The van der Waals surface area contributed by atoms with Crippen molar-refractivity contribution in [2.45, 2.75) is 11.4 Å². The van der Waals surface area contributed by atoms with Crippen LogP contribution in [0.5, 0.6) is 0 Å². The molecule has 4 rings (SSSR count). The van der Waals surface area contributed by atoms with Crippen LogP contribution in [0.25, 0.3) is 11.4 Å². The van der Waals surface area contributed by atoms with Crippen molar-refractivity contribution in [2.24, 2.45) is 0 Å². The lowest BCUT2D eigenvalue weighted by atomic mass is 10.3. The molecule has 0 amide bonds. The van der Waals surface area contributed by atoms with E-state index in [9.17, 15) is 8.42 Å². The zero-order chi connectivity index (χ0) is 18.7. The van der Waals surface area contributed by atoms with Gasteiger partial charge in [-0.3, -0.25) is 0 Å². The number of nitrogens with one attached hydrogen (secondary N) is 1. The van der Waals surface area contributed by atoms with E-state index in [1.165, 1.54) is 4.31 Å². The van der Waals surface area contributed by atoms with Gasteiger partial charge in [0.1, 0.15) is 0 Å². The molecule has 10 heteroatoms. The molecule has 0 atom stereocenters. The van der Waals surface area contributed by atoms with Gasteiger partial charge in [-0.25, -0.2) is 8.42 Å². The minimum atomic E-state index is -3.53. The summed E-state index contributed by atoms with van der Waals surface area (Å²) >= 11 is 1.56. The van der Waals surface area contributed by atoms with E-state index in [0.29, 0.717) is 50.3 Å². The molecule has 1 aliphatic heterocycles. The first-order valence-corrected chi connectivity index (χ1v) is 10.8. The minimum absolute atomic E-state index is 0.249. The summed E-state index contributed by atoms with van der Waals surface area (Å²) in [6, 6.07) is 8.64. The van der Waals surface area contributed by atoms with Gasteiger partial charge in [0.15, 0.2) is 0 Å². The Hall–Kier alpha value is -2.27. The van der Waals surface area contributed by atoms with Gasteiger partial charge in [0.2, 0.25) is 21.7 Å². The fourth-order valence-electron chi connectivity index (χ4n) is 2.72. The molecular weight excluding hydrogens is 388 g/mol. The summed E-state index contributed by atoms with van der Waals surface area (Å²) in [5, 5.41) is 11.0. The van der Waals surface area contributed by atoms with E-state index in [4.69, 9.17) is 9.26 Å². The fourth-order valence-corrected chi connectivity index (χ4v) is 4.80. The molecule has 0 aliphatic carbocycles. The monoisotopic (exact) mass is 406 g/mol. The highest BCUT2D eigenvalue weighted by atomic mass is 32.2. The number of nitrogens with zero attached hydrogens (tertiary/aromatic N) is 3. The molecule has 142 valence electrons. The number of benzene rings is 1. The molecule has 1 N–H and O–H groups in total. The average molecular weight is 406 g/mol. The van der Waals surface area contributed by atoms with Gasteiger partial charge >= 0.3 is 0 Å². The van der Waals surface area contributed by atoms with Crippen molar-refractivity contribution >= 4 is 27.0 Å². The lowest BCUT2D eigenvalue weighted by Gasteiger charge is -2.26. The van der Waals surface area contributed by atoms with Crippen LogP contribution in [-0.4, -0.2) is 49.2 Å². The van der Waals surface area contributed by atoms with Gasteiger partial charge in [0.05, 0.1) is 24.7 Å². The Morgan fingerprint density at radius 3 is 2.85 bits per heavy atom. The number of aromatic nitrogens is 2. The van der Waals surface area contributed by atoms with Gasteiger partial charge in [0, 0.05) is 29.7 Å². The lowest BCUT2D eigenvalue weighted by Crippen LogP contribution is -2.40. The molecule has 1 aromatic carbocycles. The summed E-state index contributed by atoms with van der Waals surface area (Å²) in [6.07, 6.45) is 0. The Bertz CT molecular complexity index is 996. The predicted molar refractivity (Wildman–Crippen MR) is 101 cm³/mol. The van der Waals surface area contributed by atoms with E-state index in [0.717, 1.165) is 5.56 Å². The maximum absolute atomic E-state index is 12.8. The van der Waals surface area contributed by atoms with Crippen molar-refractivity contribution in [3.05, 3.63) is 47.0 Å². The molecule has 0 spiro atoms. The number of ether oxygens (including phenoxy) is 1. The van der Waals surface area contributed by atoms with Crippen molar-refractivity contribution < 1.29 is 17.7 Å². The zero-order valence-corrected chi connectivity index (χ0v) is 16.0. The molecular formula is C17H18N4O4S2. The van der Waals surface area contributed by atoms with Gasteiger partial charge < -0.3 is 14.6 Å². The highest BCUT2D eigenvalue weighted by Crippen LogP contribution is 2.22. The van der Waals surface area contributed by atoms with Gasteiger partial charge in [-0.05, 0) is 29.6 Å². The van der Waals surface area contributed by atoms with Gasteiger partial charge in [-0.15, -0.1) is 0 Å². The third-order valence-corrected chi connectivity index (χ3v) is 6.71. The van der Waals surface area contributed by atoms with E-state index >= 15 is 0 Å². The topological polar surface area (TPSA) is 97.6 Å². The maximum atomic E-state index is 12.8. The number of rotatable bonds is 6. The molecule has 1 fully saturated rings. The number of hydrogen-bond acceptors (Lipinski definition) is 8.